The van der Waals surface area contributed by atoms with Crippen molar-refractivity contribution < 1.29 is 15.0 Å². The lowest BCUT2D eigenvalue weighted by molar-refractivity contribution is -0.151. The number of hydrogen-bond donors (Lipinski definition) is 2. The number of aliphatic hydroxyl groups is 1. The Morgan fingerprint density at radius 3 is 2.29 bits per heavy atom. The second-order valence-electron chi connectivity index (χ2n) is 4.72. The van der Waals surface area contributed by atoms with Gasteiger partial charge in [0.1, 0.15) is 0 Å². The molecule has 3 nitrogen and oxygen atoms in total. The largest absolute Gasteiger partial charge is 0.481 e. The van der Waals surface area contributed by atoms with Crippen molar-refractivity contribution in [2.24, 2.45) is 5.41 Å². The monoisotopic (exact) mass is 200 g/mol. The van der Waals surface area contributed by atoms with Gasteiger partial charge in [-0.05, 0) is 24.7 Å². The summed E-state index contributed by atoms with van der Waals surface area (Å²) in [6.45, 7) is 3.89. The molecule has 3 heteroatoms. The second-order valence-corrected chi connectivity index (χ2v) is 4.72. The fraction of sp³-hybridized carbons (Fsp3) is 0.909. The standard InChI is InChI=1S/C11H20O3/c1-3-11(14,8-9(12)13)10(2)6-4-5-7-10/h14H,3-8H2,1-2H3,(H,12,13). The van der Waals surface area contributed by atoms with Crippen molar-refractivity contribution in [3.05, 3.63) is 0 Å². The summed E-state index contributed by atoms with van der Waals surface area (Å²) in [5, 5.41) is 19.2. The van der Waals surface area contributed by atoms with Crippen molar-refractivity contribution in [3.8, 4) is 0 Å². The number of aliphatic carboxylic acids is 1. The van der Waals surface area contributed by atoms with Crippen LogP contribution in [0.5, 0.6) is 0 Å². The van der Waals surface area contributed by atoms with Crippen LogP contribution in [0.2, 0.25) is 0 Å². The minimum absolute atomic E-state index is 0.125. The van der Waals surface area contributed by atoms with Crippen LogP contribution in [0.4, 0.5) is 0 Å². The Morgan fingerprint density at radius 2 is 1.93 bits per heavy atom. The molecule has 1 rings (SSSR count). The molecule has 0 spiro atoms. The Kier molecular flexibility index (Phi) is 3.20. The Balaban J connectivity index is 2.81. The maximum absolute atomic E-state index is 10.7. The van der Waals surface area contributed by atoms with Gasteiger partial charge in [-0.3, -0.25) is 4.79 Å². The van der Waals surface area contributed by atoms with E-state index < -0.39 is 11.6 Å². The zero-order valence-corrected chi connectivity index (χ0v) is 9.05. The van der Waals surface area contributed by atoms with Gasteiger partial charge in [0, 0.05) is 0 Å². The molecule has 0 amide bonds. The fourth-order valence-electron chi connectivity index (χ4n) is 2.64. The summed E-state index contributed by atoms with van der Waals surface area (Å²) in [5.41, 5.74) is -1.21. The highest BCUT2D eigenvalue weighted by atomic mass is 16.4. The van der Waals surface area contributed by atoms with Gasteiger partial charge in [-0.25, -0.2) is 0 Å². The number of carbonyl (C=O) groups is 1. The molecule has 0 aromatic carbocycles. The highest BCUT2D eigenvalue weighted by molar-refractivity contribution is 5.68. The van der Waals surface area contributed by atoms with Gasteiger partial charge in [0.25, 0.3) is 0 Å². The molecule has 0 heterocycles. The number of carboxylic acid groups (broad SMARTS) is 1. The van der Waals surface area contributed by atoms with E-state index in [0.29, 0.717) is 6.42 Å². The van der Waals surface area contributed by atoms with Crippen LogP contribution >= 0.6 is 0 Å². The third-order valence-corrected chi connectivity index (χ3v) is 3.86. The lowest BCUT2D eigenvalue weighted by Crippen LogP contribution is -2.46. The van der Waals surface area contributed by atoms with Crippen LogP contribution in [0, 0.1) is 5.41 Å². The molecule has 1 aliphatic carbocycles. The predicted molar refractivity (Wildman–Crippen MR) is 54.1 cm³/mol. The first-order valence-electron chi connectivity index (χ1n) is 5.38. The quantitative estimate of drug-likeness (QED) is 0.731. The molecule has 0 aliphatic heterocycles. The Labute approximate surface area is 85.1 Å². The minimum atomic E-state index is -1.02. The average molecular weight is 200 g/mol. The second kappa shape index (κ2) is 3.89. The molecule has 1 fully saturated rings. The van der Waals surface area contributed by atoms with Crippen LogP contribution in [-0.4, -0.2) is 21.8 Å². The van der Waals surface area contributed by atoms with Gasteiger partial charge in [-0.1, -0.05) is 26.7 Å². The van der Waals surface area contributed by atoms with Crippen LogP contribution in [0.15, 0.2) is 0 Å². The van der Waals surface area contributed by atoms with Gasteiger partial charge < -0.3 is 10.2 Å². The van der Waals surface area contributed by atoms with E-state index in [1.165, 1.54) is 0 Å². The van der Waals surface area contributed by atoms with E-state index >= 15 is 0 Å². The van der Waals surface area contributed by atoms with Gasteiger partial charge in [0.15, 0.2) is 0 Å². The molecule has 1 aliphatic rings. The van der Waals surface area contributed by atoms with Crippen molar-refractivity contribution in [2.75, 3.05) is 0 Å². The van der Waals surface area contributed by atoms with E-state index in [2.05, 4.69) is 0 Å². The van der Waals surface area contributed by atoms with Gasteiger partial charge in [0.2, 0.25) is 0 Å². The Morgan fingerprint density at radius 1 is 1.43 bits per heavy atom. The molecule has 82 valence electrons. The van der Waals surface area contributed by atoms with Crippen molar-refractivity contribution in [1.82, 2.24) is 0 Å². The number of carboxylic acids is 1. The molecule has 0 saturated heterocycles. The van der Waals surface area contributed by atoms with Gasteiger partial charge in [0.05, 0.1) is 12.0 Å². The van der Waals surface area contributed by atoms with E-state index in [9.17, 15) is 9.90 Å². The van der Waals surface area contributed by atoms with E-state index in [1.807, 2.05) is 13.8 Å². The first-order valence-corrected chi connectivity index (χ1v) is 5.38. The molecule has 0 aromatic rings. The zero-order valence-electron chi connectivity index (χ0n) is 9.05. The van der Waals surface area contributed by atoms with Crippen LogP contribution in [0.3, 0.4) is 0 Å². The first-order chi connectivity index (χ1) is 6.43. The van der Waals surface area contributed by atoms with Crippen molar-refractivity contribution in [2.45, 2.75) is 58.0 Å². The summed E-state index contributed by atoms with van der Waals surface area (Å²) in [6, 6.07) is 0. The van der Waals surface area contributed by atoms with Crippen molar-refractivity contribution in [1.29, 1.82) is 0 Å². The highest BCUT2D eigenvalue weighted by Crippen LogP contribution is 2.49. The average Bonchev–Trinajstić information content (AvgIpc) is 2.52. The Bertz CT molecular complexity index is 219. The third kappa shape index (κ3) is 1.92. The maximum atomic E-state index is 10.7. The molecule has 1 atom stereocenters. The van der Waals surface area contributed by atoms with E-state index in [0.717, 1.165) is 25.7 Å². The number of hydrogen-bond acceptors (Lipinski definition) is 2. The summed E-state index contributed by atoms with van der Waals surface area (Å²) >= 11 is 0. The molecule has 1 unspecified atom stereocenters. The molecule has 2 N–H and O–H groups in total. The lowest BCUT2D eigenvalue weighted by atomic mass is 9.69. The third-order valence-electron chi connectivity index (χ3n) is 3.86. The zero-order chi connectivity index (χ0) is 10.8. The summed E-state index contributed by atoms with van der Waals surface area (Å²) in [4.78, 5) is 10.7. The highest BCUT2D eigenvalue weighted by Gasteiger charge is 2.48. The number of rotatable bonds is 4. The summed E-state index contributed by atoms with van der Waals surface area (Å²) in [5.74, 6) is -0.900. The SMILES string of the molecule is CCC(O)(CC(=O)O)C1(C)CCCC1. The van der Waals surface area contributed by atoms with Crippen LogP contribution in [0.1, 0.15) is 52.4 Å². The van der Waals surface area contributed by atoms with Gasteiger partial charge in [-0.2, -0.15) is 0 Å². The maximum Gasteiger partial charge on any atom is 0.306 e. The van der Waals surface area contributed by atoms with Gasteiger partial charge >= 0.3 is 5.97 Å². The minimum Gasteiger partial charge on any atom is -0.481 e. The molecule has 0 radical (unpaired) electrons. The Hall–Kier alpha value is -0.570. The summed E-state index contributed by atoms with van der Waals surface area (Å²) in [6.07, 6.45) is 4.52. The van der Waals surface area contributed by atoms with Gasteiger partial charge in [-0.15, -0.1) is 0 Å². The van der Waals surface area contributed by atoms with Crippen LogP contribution in [-0.2, 0) is 4.79 Å². The van der Waals surface area contributed by atoms with E-state index in [4.69, 9.17) is 5.11 Å². The lowest BCUT2D eigenvalue weighted by Gasteiger charge is -2.41. The molecule has 0 bridgehead atoms. The fourth-order valence-corrected chi connectivity index (χ4v) is 2.64. The van der Waals surface area contributed by atoms with Crippen molar-refractivity contribution in [3.63, 3.8) is 0 Å². The summed E-state index contributed by atoms with van der Waals surface area (Å²) < 4.78 is 0. The van der Waals surface area contributed by atoms with Crippen LogP contribution < -0.4 is 0 Å². The smallest absolute Gasteiger partial charge is 0.306 e. The molecule has 14 heavy (non-hydrogen) atoms. The predicted octanol–water partition coefficient (Wildman–Crippen LogP) is 2.18. The topological polar surface area (TPSA) is 57.5 Å². The van der Waals surface area contributed by atoms with E-state index in [1.54, 1.807) is 0 Å². The van der Waals surface area contributed by atoms with Crippen molar-refractivity contribution >= 4 is 5.97 Å². The molecular formula is C11H20O3. The molecule has 0 aromatic heterocycles. The molecular weight excluding hydrogens is 180 g/mol. The normalized spacial score (nSPS) is 24.5. The summed E-state index contributed by atoms with van der Waals surface area (Å²) in [7, 11) is 0. The molecule has 1 saturated carbocycles. The van der Waals surface area contributed by atoms with Crippen LogP contribution in [0.25, 0.3) is 0 Å². The first kappa shape index (κ1) is 11.5. The van der Waals surface area contributed by atoms with E-state index in [-0.39, 0.29) is 11.8 Å².